The molecule has 0 radical (unpaired) electrons. The lowest BCUT2D eigenvalue weighted by molar-refractivity contribution is -0.142. The molecule has 1 atom stereocenters. The zero-order chi connectivity index (χ0) is 13.8. The summed E-state index contributed by atoms with van der Waals surface area (Å²) >= 11 is 0. The predicted octanol–water partition coefficient (Wildman–Crippen LogP) is 1.42. The van der Waals surface area contributed by atoms with Gasteiger partial charge in [0.1, 0.15) is 5.75 Å². The number of sulfone groups is 1. The summed E-state index contributed by atoms with van der Waals surface area (Å²) < 4.78 is 34.0. The topological polar surface area (TPSA) is 69.7 Å². The Hall–Kier alpha value is -1.56. The van der Waals surface area contributed by atoms with Crippen molar-refractivity contribution in [3.8, 4) is 5.75 Å². The van der Waals surface area contributed by atoms with Crippen LogP contribution < -0.4 is 4.74 Å². The monoisotopic (exact) mass is 272 g/mol. The van der Waals surface area contributed by atoms with E-state index in [4.69, 9.17) is 9.47 Å². The van der Waals surface area contributed by atoms with Gasteiger partial charge < -0.3 is 9.47 Å². The number of benzene rings is 1. The summed E-state index contributed by atoms with van der Waals surface area (Å²) in [7, 11) is -2.30. The molecule has 1 unspecified atom stereocenters. The van der Waals surface area contributed by atoms with Gasteiger partial charge >= 0.3 is 5.97 Å². The third-order valence-corrected chi connectivity index (χ3v) is 4.49. The molecule has 0 aliphatic rings. The summed E-state index contributed by atoms with van der Waals surface area (Å²) in [5, 5.41) is -1.23. The van der Waals surface area contributed by atoms with Crippen LogP contribution in [0.4, 0.5) is 0 Å². The highest BCUT2D eigenvalue weighted by atomic mass is 32.2. The number of ether oxygens (including phenoxy) is 2. The summed E-state index contributed by atoms with van der Waals surface area (Å²) in [6.45, 7) is 3.09. The molecule has 0 N–H and O–H groups in total. The maximum atomic E-state index is 12.2. The van der Waals surface area contributed by atoms with E-state index in [0.29, 0.717) is 5.75 Å². The number of esters is 1. The van der Waals surface area contributed by atoms with Crippen molar-refractivity contribution in [2.75, 3.05) is 13.7 Å². The molecule has 100 valence electrons. The lowest BCUT2D eigenvalue weighted by Crippen LogP contribution is -2.29. The molecule has 0 amide bonds. The summed E-state index contributed by atoms with van der Waals surface area (Å²) in [4.78, 5) is 11.5. The summed E-state index contributed by atoms with van der Waals surface area (Å²) in [5.74, 6) is -0.326. The highest BCUT2D eigenvalue weighted by molar-refractivity contribution is 7.92. The van der Waals surface area contributed by atoms with Gasteiger partial charge in [-0.25, -0.2) is 8.42 Å². The Balaban J connectivity index is 3.08. The summed E-state index contributed by atoms with van der Waals surface area (Å²) in [6.07, 6.45) is 0. The van der Waals surface area contributed by atoms with Crippen molar-refractivity contribution in [1.29, 1.82) is 0 Å². The van der Waals surface area contributed by atoms with Crippen LogP contribution in [0.3, 0.4) is 0 Å². The average molecular weight is 272 g/mol. The van der Waals surface area contributed by atoms with Gasteiger partial charge in [0.15, 0.2) is 15.1 Å². The first-order valence-electron chi connectivity index (χ1n) is 5.48. The van der Waals surface area contributed by atoms with Crippen LogP contribution in [0.15, 0.2) is 29.2 Å². The zero-order valence-electron chi connectivity index (χ0n) is 10.5. The van der Waals surface area contributed by atoms with Crippen LogP contribution in [0.2, 0.25) is 0 Å². The van der Waals surface area contributed by atoms with Crippen molar-refractivity contribution in [3.63, 3.8) is 0 Å². The van der Waals surface area contributed by atoms with Gasteiger partial charge in [-0.2, -0.15) is 0 Å². The lowest BCUT2D eigenvalue weighted by Gasteiger charge is -2.12. The molecule has 0 saturated carbocycles. The highest BCUT2D eigenvalue weighted by Crippen LogP contribution is 2.21. The molecule has 0 saturated heterocycles. The van der Waals surface area contributed by atoms with Crippen molar-refractivity contribution in [1.82, 2.24) is 0 Å². The van der Waals surface area contributed by atoms with E-state index in [0.717, 1.165) is 0 Å². The Labute approximate surface area is 107 Å². The van der Waals surface area contributed by atoms with Crippen molar-refractivity contribution in [2.24, 2.45) is 0 Å². The smallest absolute Gasteiger partial charge is 0.324 e. The summed E-state index contributed by atoms with van der Waals surface area (Å²) in [5.41, 5.74) is 0. The Morgan fingerprint density at radius 1 is 1.39 bits per heavy atom. The van der Waals surface area contributed by atoms with E-state index in [1.165, 1.54) is 26.2 Å². The van der Waals surface area contributed by atoms with Crippen molar-refractivity contribution >= 4 is 15.8 Å². The Kier molecular flexibility index (Phi) is 4.72. The third-order valence-electron chi connectivity index (χ3n) is 2.45. The van der Waals surface area contributed by atoms with Gasteiger partial charge in [0.2, 0.25) is 0 Å². The molecule has 0 aromatic heterocycles. The van der Waals surface area contributed by atoms with Crippen LogP contribution in [0.1, 0.15) is 13.8 Å². The van der Waals surface area contributed by atoms with E-state index >= 15 is 0 Å². The molecule has 0 aliphatic heterocycles. The molecule has 5 nitrogen and oxygen atoms in total. The Morgan fingerprint density at radius 3 is 2.61 bits per heavy atom. The van der Waals surface area contributed by atoms with E-state index < -0.39 is 21.1 Å². The van der Waals surface area contributed by atoms with Gasteiger partial charge in [-0.05, 0) is 32.0 Å². The molecule has 0 fully saturated rings. The first-order chi connectivity index (χ1) is 8.43. The zero-order valence-corrected chi connectivity index (χ0v) is 11.4. The molecule has 1 rings (SSSR count). The quantitative estimate of drug-likeness (QED) is 0.758. The van der Waals surface area contributed by atoms with E-state index in [1.807, 2.05) is 0 Å². The minimum Gasteiger partial charge on any atom is -0.497 e. The maximum absolute atomic E-state index is 12.2. The van der Waals surface area contributed by atoms with Gasteiger partial charge in [-0.15, -0.1) is 0 Å². The SMILES string of the molecule is CCOC(=O)C(C)S(=O)(=O)c1cccc(OC)c1. The minimum atomic E-state index is -3.75. The molecule has 0 spiro atoms. The van der Waals surface area contributed by atoms with Crippen molar-refractivity contribution in [3.05, 3.63) is 24.3 Å². The minimum absolute atomic E-state index is 0.0439. The van der Waals surface area contributed by atoms with Gasteiger partial charge in [0.25, 0.3) is 0 Å². The number of hydrogen-bond donors (Lipinski definition) is 0. The van der Waals surface area contributed by atoms with E-state index in [9.17, 15) is 13.2 Å². The van der Waals surface area contributed by atoms with Gasteiger partial charge in [-0.1, -0.05) is 6.07 Å². The number of carbonyl (C=O) groups excluding carboxylic acids is 1. The number of rotatable bonds is 5. The number of hydrogen-bond acceptors (Lipinski definition) is 5. The first kappa shape index (κ1) is 14.5. The largest absolute Gasteiger partial charge is 0.497 e. The fourth-order valence-corrected chi connectivity index (χ4v) is 2.65. The fraction of sp³-hybridized carbons (Fsp3) is 0.417. The molecule has 0 bridgehead atoms. The Morgan fingerprint density at radius 2 is 2.06 bits per heavy atom. The third kappa shape index (κ3) is 3.01. The normalized spacial score (nSPS) is 12.8. The van der Waals surface area contributed by atoms with Crippen LogP contribution in [-0.2, 0) is 19.4 Å². The van der Waals surface area contributed by atoms with Gasteiger partial charge in [0, 0.05) is 0 Å². The second-order valence-corrected chi connectivity index (χ2v) is 5.89. The van der Waals surface area contributed by atoms with Crippen LogP contribution in [-0.4, -0.2) is 33.4 Å². The molecule has 0 aliphatic carbocycles. The van der Waals surface area contributed by atoms with Gasteiger partial charge in [0.05, 0.1) is 18.6 Å². The molecule has 6 heteroatoms. The fourth-order valence-electron chi connectivity index (χ4n) is 1.37. The number of carbonyl (C=O) groups is 1. The average Bonchev–Trinajstić information content (AvgIpc) is 2.38. The van der Waals surface area contributed by atoms with E-state index in [2.05, 4.69) is 0 Å². The van der Waals surface area contributed by atoms with Crippen molar-refractivity contribution < 1.29 is 22.7 Å². The summed E-state index contributed by atoms with van der Waals surface area (Å²) in [6, 6.07) is 6.00. The Bertz CT molecular complexity index is 521. The van der Waals surface area contributed by atoms with E-state index in [-0.39, 0.29) is 11.5 Å². The van der Waals surface area contributed by atoms with Crippen LogP contribution in [0, 0.1) is 0 Å². The molecule has 1 aromatic rings. The van der Waals surface area contributed by atoms with Crippen LogP contribution >= 0.6 is 0 Å². The highest BCUT2D eigenvalue weighted by Gasteiger charge is 2.31. The molecular formula is C12H16O5S. The molecule has 1 aromatic carbocycles. The molecule has 0 heterocycles. The van der Waals surface area contributed by atoms with E-state index in [1.54, 1.807) is 19.1 Å². The van der Waals surface area contributed by atoms with Gasteiger partial charge in [-0.3, -0.25) is 4.79 Å². The molecule has 18 heavy (non-hydrogen) atoms. The second-order valence-electron chi connectivity index (χ2n) is 3.62. The first-order valence-corrected chi connectivity index (χ1v) is 7.02. The number of methoxy groups -OCH3 is 1. The standard InChI is InChI=1S/C12H16O5S/c1-4-17-12(13)9(2)18(14,15)11-7-5-6-10(8-11)16-3/h5-9H,4H2,1-3H3. The van der Waals surface area contributed by atoms with Crippen molar-refractivity contribution in [2.45, 2.75) is 24.0 Å². The second kappa shape index (κ2) is 5.86. The lowest BCUT2D eigenvalue weighted by atomic mass is 10.3. The van der Waals surface area contributed by atoms with Crippen LogP contribution in [0.5, 0.6) is 5.75 Å². The predicted molar refractivity (Wildman–Crippen MR) is 66.3 cm³/mol. The van der Waals surface area contributed by atoms with Crippen LogP contribution in [0.25, 0.3) is 0 Å². The molecular weight excluding hydrogens is 256 g/mol. The maximum Gasteiger partial charge on any atom is 0.324 e.